The van der Waals surface area contributed by atoms with Crippen LogP contribution in [0.2, 0.25) is 0 Å². The van der Waals surface area contributed by atoms with Gasteiger partial charge in [-0.25, -0.2) is 9.09 Å². The average molecular weight is 708 g/mol. The van der Waals surface area contributed by atoms with Crippen molar-refractivity contribution in [2.75, 3.05) is 6.61 Å². The van der Waals surface area contributed by atoms with Crippen molar-refractivity contribution >= 4 is 7.82 Å². The van der Waals surface area contributed by atoms with Crippen LogP contribution in [0.5, 0.6) is 11.5 Å². The van der Waals surface area contributed by atoms with Gasteiger partial charge in [-0.05, 0) is 46.5 Å². The van der Waals surface area contributed by atoms with Crippen molar-refractivity contribution in [1.82, 2.24) is 0 Å². The molecule has 5 aromatic carbocycles. The second-order valence-electron chi connectivity index (χ2n) is 11.6. The van der Waals surface area contributed by atoms with E-state index < -0.39 is 38.5 Å². The largest absolute Gasteiger partial charge is 0.589 e. The number of hydrogen-bond acceptors (Lipinski definition) is 9. The van der Waals surface area contributed by atoms with Crippen molar-refractivity contribution in [3.63, 3.8) is 0 Å². The summed E-state index contributed by atoms with van der Waals surface area (Å²) in [6.07, 6.45) is -4.07. The molecule has 0 aromatic heterocycles. The first kappa shape index (κ1) is 35.9. The summed E-state index contributed by atoms with van der Waals surface area (Å²) in [5.74, 6) is 0.466. The van der Waals surface area contributed by atoms with Crippen LogP contribution in [0.4, 0.5) is 0 Å². The second-order valence-corrected chi connectivity index (χ2v) is 13.1. The topological polar surface area (TPSA) is 130 Å². The Balaban J connectivity index is 1.34. The molecule has 0 N–H and O–H groups in total. The van der Waals surface area contributed by atoms with Crippen LogP contribution < -0.4 is 9.05 Å². The van der Waals surface area contributed by atoms with E-state index in [4.69, 9.17) is 32.5 Å². The number of nitrogens with zero attached hydrogens (tertiary/aromatic N) is 3. The molecular weight excluding hydrogens is 669 g/mol. The van der Waals surface area contributed by atoms with E-state index in [1.165, 1.54) is 0 Å². The Morgan fingerprint density at radius 1 is 0.608 bits per heavy atom. The molecule has 51 heavy (non-hydrogen) atoms. The highest BCUT2D eigenvalue weighted by Gasteiger charge is 2.51. The fourth-order valence-corrected chi connectivity index (χ4v) is 6.81. The molecule has 1 aliphatic heterocycles. The number of para-hydroxylation sites is 2. The Morgan fingerprint density at radius 2 is 1.04 bits per heavy atom. The minimum atomic E-state index is -4.52. The van der Waals surface area contributed by atoms with Crippen LogP contribution in [-0.4, -0.2) is 37.3 Å². The lowest BCUT2D eigenvalue weighted by atomic mass is 9.96. The number of phosphoric acid groups is 1. The van der Waals surface area contributed by atoms with Gasteiger partial charge in [-0.15, -0.1) is 0 Å². The molecule has 12 heteroatoms. The minimum Gasteiger partial charge on any atom is -0.395 e. The van der Waals surface area contributed by atoms with E-state index >= 15 is 0 Å². The van der Waals surface area contributed by atoms with E-state index in [1.807, 2.05) is 91.0 Å². The number of azide groups is 1. The Kier molecular flexibility index (Phi) is 12.9. The molecule has 262 valence electrons. The molecule has 1 aliphatic rings. The molecule has 0 bridgehead atoms. The van der Waals surface area contributed by atoms with Gasteiger partial charge in [0.2, 0.25) is 0 Å². The van der Waals surface area contributed by atoms with Gasteiger partial charge in [0.1, 0.15) is 35.9 Å². The fraction of sp³-hybridized carbons (Fsp3) is 0.231. The maximum Gasteiger partial charge on any atom is 0.589 e. The lowest BCUT2D eigenvalue weighted by Gasteiger charge is -2.44. The summed E-state index contributed by atoms with van der Waals surface area (Å²) in [5, 5.41) is 4.08. The molecule has 1 saturated heterocycles. The summed E-state index contributed by atoms with van der Waals surface area (Å²) in [4.78, 5) is 3.12. The number of phosphoric ester groups is 1. The molecule has 11 nitrogen and oxygen atoms in total. The predicted molar refractivity (Wildman–Crippen MR) is 191 cm³/mol. The summed E-state index contributed by atoms with van der Waals surface area (Å²) in [5.41, 5.74) is 12.6. The highest BCUT2D eigenvalue weighted by molar-refractivity contribution is 7.49. The summed E-state index contributed by atoms with van der Waals surface area (Å²) < 4.78 is 58.3. The van der Waals surface area contributed by atoms with E-state index in [2.05, 4.69) is 10.0 Å². The van der Waals surface area contributed by atoms with E-state index in [1.54, 1.807) is 60.7 Å². The molecule has 1 fully saturated rings. The third-order valence-corrected chi connectivity index (χ3v) is 9.25. The number of rotatable bonds is 17. The van der Waals surface area contributed by atoms with Gasteiger partial charge in [0.15, 0.2) is 6.29 Å². The van der Waals surface area contributed by atoms with E-state index in [9.17, 15) is 10.1 Å². The van der Waals surface area contributed by atoms with Gasteiger partial charge in [-0.1, -0.05) is 133 Å². The molecule has 1 heterocycles. The zero-order valence-electron chi connectivity index (χ0n) is 27.7. The maximum atomic E-state index is 14.6. The molecular formula is C39H38N3O8P. The normalized spacial score (nSPS) is 20.2. The maximum absolute atomic E-state index is 14.6. The van der Waals surface area contributed by atoms with Gasteiger partial charge in [0.05, 0.1) is 26.4 Å². The highest BCUT2D eigenvalue weighted by atomic mass is 31.2. The first-order valence-electron chi connectivity index (χ1n) is 16.5. The van der Waals surface area contributed by atoms with Crippen molar-refractivity contribution < 1.29 is 37.1 Å². The third kappa shape index (κ3) is 10.5. The number of benzene rings is 5. The number of hydrogen-bond donors (Lipinski definition) is 0. The van der Waals surface area contributed by atoms with E-state index in [0.717, 1.165) is 16.7 Å². The molecule has 5 atom stereocenters. The first-order chi connectivity index (χ1) is 25.1. The smallest absolute Gasteiger partial charge is 0.395 e. The van der Waals surface area contributed by atoms with Gasteiger partial charge >= 0.3 is 7.82 Å². The molecule has 5 aromatic rings. The van der Waals surface area contributed by atoms with Crippen molar-refractivity contribution in [3.05, 3.63) is 179 Å². The molecule has 0 radical (unpaired) electrons. The molecule has 6 rings (SSSR count). The fourth-order valence-electron chi connectivity index (χ4n) is 5.50. The molecule has 0 saturated carbocycles. The van der Waals surface area contributed by atoms with Crippen LogP contribution in [0, 0.1) is 0 Å². The van der Waals surface area contributed by atoms with E-state index in [0.29, 0.717) is 6.61 Å². The quantitative estimate of drug-likeness (QED) is 0.0405. The monoisotopic (exact) mass is 707 g/mol. The number of ether oxygens (including phenoxy) is 4. The Hall–Kier alpha value is -4.96. The summed E-state index contributed by atoms with van der Waals surface area (Å²) >= 11 is 0. The first-order valence-corrected chi connectivity index (χ1v) is 17.9. The SMILES string of the molecule is [N-]=[N+]=N[C@H]1C(OP(=O)(Oc2ccccc2)Oc2ccccc2)O[C@H](COCc2ccccc2)[C@@H](OCc2ccccc2)[C@@H]1OCc1ccccc1. The van der Waals surface area contributed by atoms with Crippen LogP contribution >= 0.6 is 7.82 Å². The van der Waals surface area contributed by atoms with Gasteiger partial charge < -0.3 is 28.0 Å². The highest BCUT2D eigenvalue weighted by Crippen LogP contribution is 2.52. The standard InChI is InChI=1S/C39H38N3O8P/c40-42-41-36-38(46-28-32-20-10-3-11-21-32)37(45-27-31-18-8-2-9-19-31)35(29-44-26-30-16-6-1-7-17-30)47-39(36)50-51(43,48-33-22-12-4-13-23-33)49-34-24-14-5-15-25-34/h1-25,35-39H,26-29H2/t35-,36-,37-,38-,39?/m1/s1. The van der Waals surface area contributed by atoms with E-state index in [-0.39, 0.29) is 31.3 Å². The molecule has 0 spiro atoms. The lowest BCUT2D eigenvalue weighted by Crippen LogP contribution is -2.60. The van der Waals surface area contributed by atoms with Gasteiger partial charge in [-0.3, -0.25) is 0 Å². The average Bonchev–Trinajstić information content (AvgIpc) is 3.16. The second kappa shape index (κ2) is 18.3. The van der Waals surface area contributed by atoms with Crippen LogP contribution in [0.3, 0.4) is 0 Å². The third-order valence-electron chi connectivity index (χ3n) is 7.92. The Morgan fingerprint density at radius 3 is 1.51 bits per heavy atom. The van der Waals surface area contributed by atoms with Gasteiger partial charge in [0.25, 0.3) is 0 Å². The lowest BCUT2D eigenvalue weighted by molar-refractivity contribution is -0.268. The van der Waals surface area contributed by atoms with Gasteiger partial charge in [-0.2, -0.15) is 0 Å². The van der Waals surface area contributed by atoms with Crippen LogP contribution in [0.15, 0.2) is 157 Å². The summed E-state index contributed by atoms with van der Waals surface area (Å²) in [6, 6.07) is 44.7. The minimum absolute atomic E-state index is 0.0335. The van der Waals surface area contributed by atoms with Crippen LogP contribution in [0.1, 0.15) is 16.7 Å². The zero-order chi connectivity index (χ0) is 35.1. The van der Waals surface area contributed by atoms with Crippen molar-refractivity contribution in [2.24, 2.45) is 5.11 Å². The van der Waals surface area contributed by atoms with Crippen molar-refractivity contribution in [2.45, 2.75) is 50.5 Å². The van der Waals surface area contributed by atoms with Crippen molar-refractivity contribution in [3.8, 4) is 11.5 Å². The zero-order valence-corrected chi connectivity index (χ0v) is 28.6. The Bertz CT molecular complexity index is 1810. The molecule has 0 amide bonds. The summed E-state index contributed by atoms with van der Waals surface area (Å²) in [7, 11) is -4.52. The predicted octanol–water partition coefficient (Wildman–Crippen LogP) is 9.06. The van der Waals surface area contributed by atoms with Crippen LogP contribution in [0.25, 0.3) is 10.4 Å². The van der Waals surface area contributed by atoms with Gasteiger partial charge in [0, 0.05) is 4.91 Å². The molecule has 0 aliphatic carbocycles. The van der Waals surface area contributed by atoms with Crippen LogP contribution in [-0.2, 0) is 47.9 Å². The summed E-state index contributed by atoms with van der Waals surface area (Å²) in [6.45, 7) is 0.680. The molecule has 1 unspecified atom stereocenters. The Labute approximate surface area is 296 Å². The van der Waals surface area contributed by atoms with Crippen molar-refractivity contribution in [1.29, 1.82) is 0 Å².